The smallest absolute Gasteiger partial charge is 0.0531 e. The maximum Gasteiger partial charge on any atom is 0.0531 e. The molecule has 18 heavy (non-hydrogen) atoms. The van der Waals surface area contributed by atoms with Crippen molar-refractivity contribution >= 4 is 5.69 Å². The highest BCUT2D eigenvalue weighted by Crippen LogP contribution is 2.17. The maximum atomic E-state index is 4.23. The molecule has 0 spiro atoms. The van der Waals surface area contributed by atoms with Gasteiger partial charge >= 0.3 is 0 Å². The summed E-state index contributed by atoms with van der Waals surface area (Å²) in [5.74, 6) is 0.774. The van der Waals surface area contributed by atoms with E-state index < -0.39 is 0 Å². The van der Waals surface area contributed by atoms with Gasteiger partial charge in [-0.25, -0.2) is 0 Å². The van der Waals surface area contributed by atoms with Gasteiger partial charge in [-0.05, 0) is 37.3 Å². The van der Waals surface area contributed by atoms with E-state index in [-0.39, 0.29) is 0 Å². The second-order valence-corrected chi connectivity index (χ2v) is 5.86. The summed E-state index contributed by atoms with van der Waals surface area (Å²) in [4.78, 5) is 6.81. The zero-order chi connectivity index (χ0) is 13.0. The number of aromatic nitrogens is 1. The molecule has 1 aliphatic heterocycles. The van der Waals surface area contributed by atoms with E-state index >= 15 is 0 Å². The van der Waals surface area contributed by atoms with Crippen LogP contribution < -0.4 is 5.32 Å². The maximum absolute atomic E-state index is 4.23. The van der Waals surface area contributed by atoms with Gasteiger partial charge in [0.25, 0.3) is 0 Å². The van der Waals surface area contributed by atoms with Gasteiger partial charge in [0.2, 0.25) is 0 Å². The Balaban J connectivity index is 1.80. The van der Waals surface area contributed by atoms with E-state index in [0.717, 1.165) is 11.6 Å². The Morgan fingerprint density at radius 1 is 1.33 bits per heavy atom. The normalized spacial score (nSPS) is 18.2. The lowest BCUT2D eigenvalue weighted by molar-refractivity contribution is 0.198. The first-order valence-electron chi connectivity index (χ1n) is 7.04. The SMILES string of the molecule is Cc1cncc(NC2CCN(CC(C)C)CC2)c1. The zero-order valence-electron chi connectivity index (χ0n) is 11.8. The molecule has 100 valence electrons. The predicted molar refractivity (Wildman–Crippen MR) is 76.9 cm³/mol. The Labute approximate surface area is 111 Å². The first kappa shape index (κ1) is 13.3. The Kier molecular flexibility index (Phi) is 4.59. The third-order valence-electron chi connectivity index (χ3n) is 3.46. The monoisotopic (exact) mass is 247 g/mol. The summed E-state index contributed by atoms with van der Waals surface area (Å²) in [5, 5.41) is 3.61. The van der Waals surface area contributed by atoms with Crippen LogP contribution in [0.3, 0.4) is 0 Å². The van der Waals surface area contributed by atoms with Crippen LogP contribution in [0.5, 0.6) is 0 Å². The molecule has 3 nitrogen and oxygen atoms in total. The van der Waals surface area contributed by atoms with Gasteiger partial charge < -0.3 is 10.2 Å². The summed E-state index contributed by atoms with van der Waals surface area (Å²) >= 11 is 0. The van der Waals surface area contributed by atoms with E-state index in [1.807, 2.05) is 12.4 Å². The van der Waals surface area contributed by atoms with Crippen LogP contribution in [0, 0.1) is 12.8 Å². The predicted octanol–water partition coefficient (Wildman–Crippen LogP) is 2.92. The van der Waals surface area contributed by atoms with E-state index in [9.17, 15) is 0 Å². The average Bonchev–Trinajstić information content (AvgIpc) is 2.31. The van der Waals surface area contributed by atoms with E-state index in [0.29, 0.717) is 6.04 Å². The quantitative estimate of drug-likeness (QED) is 0.886. The molecule has 0 saturated carbocycles. The molecule has 0 bridgehead atoms. The number of nitrogens with one attached hydrogen (secondary N) is 1. The van der Waals surface area contributed by atoms with Crippen molar-refractivity contribution < 1.29 is 0 Å². The Morgan fingerprint density at radius 3 is 2.67 bits per heavy atom. The highest BCUT2D eigenvalue weighted by molar-refractivity contribution is 5.43. The van der Waals surface area contributed by atoms with E-state index in [2.05, 4.69) is 42.0 Å². The first-order chi connectivity index (χ1) is 8.63. The molecule has 1 fully saturated rings. The largest absolute Gasteiger partial charge is 0.381 e. The van der Waals surface area contributed by atoms with Crippen molar-refractivity contribution in [2.24, 2.45) is 5.92 Å². The van der Waals surface area contributed by atoms with Gasteiger partial charge in [0, 0.05) is 38.1 Å². The number of pyridine rings is 1. The fourth-order valence-electron chi connectivity index (χ4n) is 2.65. The molecule has 2 heterocycles. The molecular weight excluding hydrogens is 222 g/mol. The van der Waals surface area contributed by atoms with Crippen molar-refractivity contribution in [2.75, 3.05) is 25.0 Å². The van der Waals surface area contributed by atoms with Crippen LogP contribution in [0.1, 0.15) is 32.3 Å². The lowest BCUT2D eigenvalue weighted by Crippen LogP contribution is -2.40. The molecule has 3 heteroatoms. The molecule has 1 aromatic heterocycles. The van der Waals surface area contributed by atoms with Gasteiger partial charge in [0.15, 0.2) is 0 Å². The molecule has 1 aliphatic rings. The van der Waals surface area contributed by atoms with Gasteiger partial charge in [-0.1, -0.05) is 13.8 Å². The van der Waals surface area contributed by atoms with Gasteiger partial charge in [-0.2, -0.15) is 0 Å². The van der Waals surface area contributed by atoms with Crippen LogP contribution in [-0.2, 0) is 0 Å². The third-order valence-corrected chi connectivity index (χ3v) is 3.46. The number of nitrogens with zero attached hydrogens (tertiary/aromatic N) is 2. The Morgan fingerprint density at radius 2 is 2.06 bits per heavy atom. The number of likely N-dealkylation sites (tertiary alicyclic amines) is 1. The molecule has 0 radical (unpaired) electrons. The fourth-order valence-corrected chi connectivity index (χ4v) is 2.65. The molecule has 0 aromatic carbocycles. The van der Waals surface area contributed by atoms with Gasteiger partial charge in [0.05, 0.1) is 5.69 Å². The van der Waals surface area contributed by atoms with Crippen LogP contribution in [0.25, 0.3) is 0 Å². The lowest BCUT2D eigenvalue weighted by Gasteiger charge is -2.33. The molecule has 2 rings (SSSR count). The summed E-state index contributed by atoms with van der Waals surface area (Å²) in [6, 6.07) is 2.78. The van der Waals surface area contributed by atoms with Crippen LogP contribution in [0.4, 0.5) is 5.69 Å². The second-order valence-electron chi connectivity index (χ2n) is 5.86. The Bertz CT molecular complexity index is 368. The molecule has 0 atom stereocenters. The summed E-state index contributed by atoms with van der Waals surface area (Å²) in [6.07, 6.45) is 6.30. The van der Waals surface area contributed by atoms with E-state index in [1.165, 1.54) is 38.0 Å². The summed E-state index contributed by atoms with van der Waals surface area (Å²) in [7, 11) is 0. The molecule has 1 N–H and O–H groups in total. The molecule has 0 amide bonds. The highest BCUT2D eigenvalue weighted by Gasteiger charge is 2.19. The number of hydrogen-bond acceptors (Lipinski definition) is 3. The van der Waals surface area contributed by atoms with Crippen LogP contribution in [-0.4, -0.2) is 35.6 Å². The van der Waals surface area contributed by atoms with Gasteiger partial charge in [-0.3, -0.25) is 4.98 Å². The van der Waals surface area contributed by atoms with Crippen molar-refractivity contribution in [1.29, 1.82) is 0 Å². The number of piperidine rings is 1. The number of aryl methyl sites for hydroxylation is 1. The minimum Gasteiger partial charge on any atom is -0.381 e. The second kappa shape index (κ2) is 6.19. The standard InChI is InChI=1S/C15H25N3/c1-12(2)11-18-6-4-14(5-7-18)17-15-8-13(3)9-16-10-15/h8-10,12,14,17H,4-7,11H2,1-3H3. The minimum atomic E-state index is 0.608. The van der Waals surface area contributed by atoms with Crippen LogP contribution in [0.15, 0.2) is 18.5 Å². The van der Waals surface area contributed by atoms with Crippen molar-refractivity contribution in [2.45, 2.75) is 39.7 Å². The van der Waals surface area contributed by atoms with Gasteiger partial charge in [-0.15, -0.1) is 0 Å². The van der Waals surface area contributed by atoms with Gasteiger partial charge in [0.1, 0.15) is 0 Å². The van der Waals surface area contributed by atoms with Crippen molar-refractivity contribution in [3.8, 4) is 0 Å². The summed E-state index contributed by atoms with van der Waals surface area (Å²) in [6.45, 7) is 10.3. The van der Waals surface area contributed by atoms with Crippen molar-refractivity contribution in [1.82, 2.24) is 9.88 Å². The number of hydrogen-bond donors (Lipinski definition) is 1. The molecule has 1 aromatic rings. The first-order valence-corrected chi connectivity index (χ1v) is 7.04. The minimum absolute atomic E-state index is 0.608. The molecule has 0 unspecified atom stereocenters. The van der Waals surface area contributed by atoms with Crippen LogP contribution in [0.2, 0.25) is 0 Å². The topological polar surface area (TPSA) is 28.2 Å². The van der Waals surface area contributed by atoms with Crippen molar-refractivity contribution in [3.05, 3.63) is 24.0 Å². The average molecular weight is 247 g/mol. The van der Waals surface area contributed by atoms with E-state index in [4.69, 9.17) is 0 Å². The van der Waals surface area contributed by atoms with Crippen LogP contribution >= 0.6 is 0 Å². The fraction of sp³-hybridized carbons (Fsp3) is 0.667. The number of rotatable bonds is 4. The molecular formula is C15H25N3. The lowest BCUT2D eigenvalue weighted by atomic mass is 10.0. The third kappa shape index (κ3) is 3.98. The number of anilines is 1. The molecule has 0 aliphatic carbocycles. The zero-order valence-corrected chi connectivity index (χ0v) is 11.8. The summed E-state index contributed by atoms with van der Waals surface area (Å²) < 4.78 is 0. The van der Waals surface area contributed by atoms with Crippen molar-refractivity contribution in [3.63, 3.8) is 0 Å². The van der Waals surface area contributed by atoms with E-state index in [1.54, 1.807) is 0 Å². The Hall–Kier alpha value is -1.09. The molecule has 1 saturated heterocycles. The highest BCUT2D eigenvalue weighted by atomic mass is 15.1. The summed E-state index contributed by atoms with van der Waals surface area (Å²) in [5.41, 5.74) is 2.38.